The second-order valence-corrected chi connectivity index (χ2v) is 2.00. The molecule has 0 radical (unpaired) electrons. The number of aromatic hydroxyl groups is 1. The van der Waals surface area contributed by atoms with Gasteiger partial charge in [-0.1, -0.05) is 0 Å². The van der Waals surface area contributed by atoms with Crippen LogP contribution < -0.4 is 5.73 Å². The summed E-state index contributed by atoms with van der Waals surface area (Å²) in [5.74, 6) is -0.0758. The molecular formula is C6H7N2O3+. The summed E-state index contributed by atoms with van der Waals surface area (Å²) < 4.78 is 0. The first kappa shape index (κ1) is 7.33. The minimum absolute atomic E-state index is 0. The van der Waals surface area contributed by atoms with E-state index in [4.69, 9.17) is 10.8 Å². The lowest BCUT2D eigenvalue weighted by Gasteiger charge is -1.95. The number of nitrogens with two attached hydrogens (primary N) is 1. The van der Waals surface area contributed by atoms with Gasteiger partial charge in [0.1, 0.15) is 11.4 Å². The van der Waals surface area contributed by atoms with E-state index < -0.39 is 4.92 Å². The molecule has 5 nitrogen and oxygen atoms in total. The Morgan fingerprint density at radius 3 is 2.73 bits per heavy atom. The summed E-state index contributed by atoms with van der Waals surface area (Å²) in [6, 6.07) is 3.51. The van der Waals surface area contributed by atoms with Crippen molar-refractivity contribution in [3.05, 3.63) is 28.3 Å². The molecule has 5 heteroatoms. The summed E-state index contributed by atoms with van der Waals surface area (Å²) in [6.07, 6.45) is 0. The van der Waals surface area contributed by atoms with Crippen LogP contribution in [0.25, 0.3) is 0 Å². The molecule has 0 amide bonds. The molecule has 1 aromatic rings. The summed E-state index contributed by atoms with van der Waals surface area (Å²) >= 11 is 0. The van der Waals surface area contributed by atoms with E-state index in [-0.39, 0.29) is 18.6 Å². The van der Waals surface area contributed by atoms with Gasteiger partial charge in [0.25, 0.3) is 5.69 Å². The van der Waals surface area contributed by atoms with Gasteiger partial charge in [-0.15, -0.1) is 0 Å². The van der Waals surface area contributed by atoms with Crippen LogP contribution >= 0.6 is 0 Å². The summed E-state index contributed by atoms with van der Waals surface area (Å²) in [7, 11) is 0. The third-order valence-electron chi connectivity index (χ3n) is 1.21. The number of nitrogen functional groups attached to an aromatic ring is 1. The highest BCUT2D eigenvalue weighted by Gasteiger charge is 2.09. The van der Waals surface area contributed by atoms with Crippen molar-refractivity contribution in [1.29, 1.82) is 0 Å². The minimum atomic E-state index is -0.602. The van der Waals surface area contributed by atoms with Crippen molar-refractivity contribution in [2.75, 3.05) is 5.73 Å². The number of benzene rings is 1. The highest BCUT2D eigenvalue weighted by Crippen LogP contribution is 2.24. The van der Waals surface area contributed by atoms with Crippen molar-refractivity contribution in [2.24, 2.45) is 0 Å². The molecule has 0 saturated heterocycles. The van der Waals surface area contributed by atoms with Crippen molar-refractivity contribution < 1.29 is 11.5 Å². The molecule has 0 fully saturated rings. The molecule has 0 unspecified atom stereocenters. The number of hydrogen-bond donors (Lipinski definition) is 2. The highest BCUT2D eigenvalue weighted by atomic mass is 16.6. The molecule has 0 aliphatic carbocycles. The average molecular weight is 155 g/mol. The lowest BCUT2D eigenvalue weighted by Crippen LogP contribution is -1.94. The summed E-state index contributed by atoms with van der Waals surface area (Å²) in [4.78, 5) is 9.57. The number of rotatable bonds is 1. The van der Waals surface area contributed by atoms with Crippen LogP contribution in [0.15, 0.2) is 18.2 Å². The number of hydrogen-bond acceptors (Lipinski definition) is 4. The van der Waals surface area contributed by atoms with E-state index in [1.54, 1.807) is 0 Å². The first-order valence-electron chi connectivity index (χ1n) is 2.84. The Hall–Kier alpha value is -1.78. The van der Waals surface area contributed by atoms with Crippen LogP contribution in [0.1, 0.15) is 1.43 Å². The molecule has 1 rings (SSSR count). The summed E-state index contributed by atoms with van der Waals surface area (Å²) in [6.45, 7) is 0. The van der Waals surface area contributed by atoms with Gasteiger partial charge in [0.2, 0.25) is 0 Å². The standard InChI is InChI=1S/C6H6N2O3/c7-5-3-4(9)1-2-6(5)8(10)11/h1-3,9H,7H2/p+1. The minimum Gasteiger partial charge on any atom is -0.508 e. The van der Waals surface area contributed by atoms with Gasteiger partial charge in [0.15, 0.2) is 0 Å². The molecule has 0 aromatic heterocycles. The van der Waals surface area contributed by atoms with E-state index in [2.05, 4.69) is 0 Å². The van der Waals surface area contributed by atoms with Crippen LogP contribution in [0.3, 0.4) is 0 Å². The Kier molecular flexibility index (Phi) is 1.63. The Bertz CT molecular complexity index is 303. The molecule has 0 aliphatic rings. The third-order valence-corrected chi connectivity index (χ3v) is 1.21. The van der Waals surface area contributed by atoms with E-state index in [1.807, 2.05) is 0 Å². The Balaban J connectivity index is 0.00000121. The van der Waals surface area contributed by atoms with Crippen molar-refractivity contribution >= 4 is 11.4 Å². The highest BCUT2D eigenvalue weighted by molar-refractivity contribution is 5.60. The molecule has 11 heavy (non-hydrogen) atoms. The SMILES string of the molecule is Nc1cc(O)ccc1[N+](=O)[O-].[H+]. The molecule has 1 aromatic carbocycles. The van der Waals surface area contributed by atoms with Crippen molar-refractivity contribution in [3.63, 3.8) is 0 Å². The second-order valence-electron chi connectivity index (χ2n) is 2.00. The van der Waals surface area contributed by atoms with E-state index in [9.17, 15) is 10.1 Å². The molecule has 3 N–H and O–H groups in total. The first-order valence-corrected chi connectivity index (χ1v) is 2.84. The second kappa shape index (κ2) is 2.45. The van der Waals surface area contributed by atoms with Gasteiger partial charge in [-0.2, -0.15) is 0 Å². The van der Waals surface area contributed by atoms with Gasteiger partial charge < -0.3 is 10.8 Å². The van der Waals surface area contributed by atoms with Gasteiger partial charge >= 0.3 is 1.43 Å². The van der Waals surface area contributed by atoms with Gasteiger partial charge in [0, 0.05) is 12.1 Å². The lowest BCUT2D eigenvalue weighted by molar-refractivity contribution is -0.383. The fraction of sp³-hybridized carbons (Fsp3) is 0. The number of phenols is 1. The van der Waals surface area contributed by atoms with E-state index in [0.717, 1.165) is 12.1 Å². The van der Waals surface area contributed by atoms with Crippen LogP contribution in [0.4, 0.5) is 11.4 Å². The fourth-order valence-corrected chi connectivity index (χ4v) is 0.708. The number of phenolic OH excluding ortho intramolecular Hbond substituents is 1. The molecule has 0 aliphatic heterocycles. The average Bonchev–Trinajstić information content (AvgIpc) is 1.85. The third kappa shape index (κ3) is 1.37. The molecular weight excluding hydrogens is 148 g/mol. The molecule has 0 spiro atoms. The van der Waals surface area contributed by atoms with E-state index >= 15 is 0 Å². The monoisotopic (exact) mass is 155 g/mol. The number of anilines is 1. The largest absolute Gasteiger partial charge is 1.00 e. The van der Waals surface area contributed by atoms with Gasteiger partial charge in [-0.05, 0) is 6.07 Å². The van der Waals surface area contributed by atoms with Crippen LogP contribution in [0.5, 0.6) is 5.75 Å². The maximum absolute atomic E-state index is 10.2. The maximum Gasteiger partial charge on any atom is 1.00 e. The normalized spacial score (nSPS) is 9.45. The predicted molar refractivity (Wildman–Crippen MR) is 40.3 cm³/mol. The molecule has 0 saturated carbocycles. The molecule has 0 heterocycles. The van der Waals surface area contributed by atoms with Crippen LogP contribution in [0.2, 0.25) is 0 Å². The Labute approximate surface area is 63.7 Å². The lowest BCUT2D eigenvalue weighted by atomic mass is 10.2. The van der Waals surface area contributed by atoms with Crippen molar-refractivity contribution in [3.8, 4) is 5.75 Å². The Morgan fingerprint density at radius 2 is 2.27 bits per heavy atom. The topological polar surface area (TPSA) is 89.4 Å². The van der Waals surface area contributed by atoms with E-state index in [1.165, 1.54) is 6.07 Å². The quantitative estimate of drug-likeness (QED) is 0.359. The number of nitro benzene ring substituents is 1. The first-order chi connectivity index (χ1) is 5.11. The Morgan fingerprint density at radius 1 is 1.64 bits per heavy atom. The number of nitrogens with zero attached hydrogens (tertiary/aromatic N) is 1. The van der Waals surface area contributed by atoms with Crippen LogP contribution in [-0.4, -0.2) is 10.0 Å². The zero-order valence-electron chi connectivity index (χ0n) is 6.52. The van der Waals surface area contributed by atoms with Crippen LogP contribution in [-0.2, 0) is 0 Å². The molecule has 0 bridgehead atoms. The number of nitro groups is 1. The van der Waals surface area contributed by atoms with Crippen molar-refractivity contribution in [2.45, 2.75) is 0 Å². The van der Waals surface area contributed by atoms with Gasteiger partial charge in [-0.25, -0.2) is 0 Å². The zero-order valence-corrected chi connectivity index (χ0v) is 5.52. The van der Waals surface area contributed by atoms with Gasteiger partial charge in [-0.3, -0.25) is 10.1 Å². The van der Waals surface area contributed by atoms with Gasteiger partial charge in [0.05, 0.1) is 4.92 Å². The molecule has 0 atom stereocenters. The maximum atomic E-state index is 10.2. The van der Waals surface area contributed by atoms with Crippen molar-refractivity contribution in [1.82, 2.24) is 0 Å². The fourth-order valence-electron chi connectivity index (χ4n) is 0.708. The summed E-state index contributed by atoms with van der Waals surface area (Å²) in [5.41, 5.74) is 5.00. The van der Waals surface area contributed by atoms with E-state index in [0.29, 0.717) is 0 Å². The predicted octanol–water partition coefficient (Wildman–Crippen LogP) is 0.995. The smallest absolute Gasteiger partial charge is 0.508 e. The summed E-state index contributed by atoms with van der Waals surface area (Å²) in [5, 5.41) is 19.0. The zero-order chi connectivity index (χ0) is 8.43. The van der Waals surface area contributed by atoms with Crippen LogP contribution in [0, 0.1) is 10.1 Å². The molecule has 58 valence electrons.